The third kappa shape index (κ3) is 3.74. The molecule has 3 heterocycles. The molecule has 242 valence electrons. The minimum Gasteiger partial charge on any atom is -0.344 e. The molecule has 52 heavy (non-hydrogen) atoms. The maximum Gasteiger partial charge on any atom is 0.0541 e. The number of benzene rings is 8. The largest absolute Gasteiger partial charge is 0.344 e. The second-order valence-electron chi connectivity index (χ2n) is 14.3. The summed E-state index contributed by atoms with van der Waals surface area (Å²) in [6.45, 7) is 0. The third-order valence-electron chi connectivity index (χ3n) is 11.6. The first-order valence-electron chi connectivity index (χ1n) is 18.0. The smallest absolute Gasteiger partial charge is 0.0541 e. The number of aromatic nitrogens is 3. The highest BCUT2D eigenvalue weighted by atomic mass is 15.0. The summed E-state index contributed by atoms with van der Waals surface area (Å²) in [7, 11) is 2.18. The minimum atomic E-state index is 1.17. The fourth-order valence-electron chi connectivity index (χ4n) is 9.05. The van der Waals surface area contributed by atoms with Gasteiger partial charge in [-0.25, -0.2) is 0 Å². The lowest BCUT2D eigenvalue weighted by atomic mass is 10.0. The van der Waals surface area contributed by atoms with E-state index in [2.05, 4.69) is 191 Å². The van der Waals surface area contributed by atoms with Crippen molar-refractivity contribution in [3.8, 4) is 11.4 Å². The predicted molar refractivity (Wildman–Crippen MR) is 222 cm³/mol. The molecular formula is C49H31N3. The monoisotopic (exact) mass is 661 g/mol. The molecule has 12 aromatic rings. The Bertz CT molecular complexity index is 3220. The van der Waals surface area contributed by atoms with Gasteiger partial charge < -0.3 is 13.7 Å². The Morgan fingerprint density at radius 1 is 0.269 bits per heavy atom. The normalized spacial score (nSPS) is 12.3. The van der Waals surface area contributed by atoms with Crippen LogP contribution in [0.2, 0.25) is 0 Å². The molecule has 0 unspecified atom stereocenters. The van der Waals surface area contributed by atoms with Gasteiger partial charge in [0.15, 0.2) is 0 Å². The standard InChI is InChI=1S/C49H31N3/c1-50-44-18-12-30-24-38(44)39-25-31(13-19-45(39)50)33-15-21-47-41(27-33)43-29-35(17-23-49(43)52(47)37-10-6-3-7-11-37)34-16-22-48-42(28-34)40-26-32(30)14-20-46(40)51(48)36-8-4-2-5-9-36/h2-29H,1H3. The van der Waals surface area contributed by atoms with E-state index in [9.17, 15) is 0 Å². The number of hydrogen-bond donors (Lipinski definition) is 0. The molecule has 0 saturated carbocycles. The Hall–Kier alpha value is -6.84. The molecule has 3 nitrogen and oxygen atoms in total. The first-order chi connectivity index (χ1) is 25.7. The zero-order valence-electron chi connectivity index (χ0n) is 28.5. The molecule has 0 N–H and O–H groups in total. The van der Waals surface area contributed by atoms with Crippen LogP contribution in [-0.2, 0) is 7.05 Å². The Kier molecular flexibility index (Phi) is 5.43. The predicted octanol–water partition coefficient (Wildman–Crippen LogP) is 13.0. The third-order valence-corrected chi connectivity index (χ3v) is 11.6. The van der Waals surface area contributed by atoms with Gasteiger partial charge in [0.25, 0.3) is 0 Å². The van der Waals surface area contributed by atoms with Crippen LogP contribution in [-0.4, -0.2) is 13.7 Å². The van der Waals surface area contributed by atoms with E-state index >= 15 is 0 Å². The highest BCUT2D eigenvalue weighted by Crippen LogP contribution is 2.39. The van der Waals surface area contributed by atoms with Crippen molar-refractivity contribution in [3.63, 3.8) is 0 Å². The molecule has 3 aromatic heterocycles. The maximum absolute atomic E-state index is 2.41. The maximum atomic E-state index is 2.41. The summed E-state index contributed by atoms with van der Waals surface area (Å²) < 4.78 is 7.15. The number of para-hydroxylation sites is 2. The molecule has 12 bridgehead atoms. The van der Waals surface area contributed by atoms with Crippen LogP contribution in [0.1, 0.15) is 0 Å². The van der Waals surface area contributed by atoms with Crippen LogP contribution in [0.4, 0.5) is 0 Å². The Labute approximate surface area is 298 Å². The summed E-state index contributed by atoms with van der Waals surface area (Å²) in [5.74, 6) is 0. The molecule has 12 rings (SSSR count). The van der Waals surface area contributed by atoms with Crippen LogP contribution < -0.4 is 0 Å². The highest BCUT2D eigenvalue weighted by Gasteiger charge is 2.16. The number of nitrogens with zero attached hydrogens (tertiary/aromatic N) is 3. The lowest BCUT2D eigenvalue weighted by Gasteiger charge is -2.08. The van der Waals surface area contributed by atoms with Crippen LogP contribution in [0.3, 0.4) is 0 Å². The summed E-state index contributed by atoms with van der Waals surface area (Å²) >= 11 is 0. The van der Waals surface area contributed by atoms with Gasteiger partial charge in [0.05, 0.1) is 22.1 Å². The van der Waals surface area contributed by atoms with Crippen LogP contribution in [0, 0.1) is 0 Å². The summed E-state index contributed by atoms with van der Waals surface area (Å²) in [6.07, 6.45) is 0. The Morgan fingerprint density at radius 2 is 0.519 bits per heavy atom. The number of hydrogen-bond acceptors (Lipinski definition) is 0. The Morgan fingerprint density at radius 3 is 0.808 bits per heavy atom. The van der Waals surface area contributed by atoms with E-state index in [1.807, 2.05) is 0 Å². The van der Waals surface area contributed by atoms with Gasteiger partial charge >= 0.3 is 0 Å². The van der Waals surface area contributed by atoms with Crippen molar-refractivity contribution >= 4 is 97.7 Å². The van der Waals surface area contributed by atoms with Crippen LogP contribution in [0.25, 0.3) is 109 Å². The molecule has 0 amide bonds. The quantitative estimate of drug-likeness (QED) is 0.175. The van der Waals surface area contributed by atoms with Crippen molar-refractivity contribution < 1.29 is 0 Å². The first kappa shape index (κ1) is 27.9. The van der Waals surface area contributed by atoms with Gasteiger partial charge in [-0.15, -0.1) is 0 Å². The van der Waals surface area contributed by atoms with E-state index in [1.165, 1.54) is 109 Å². The highest BCUT2D eigenvalue weighted by molar-refractivity contribution is 6.18. The molecule has 0 spiro atoms. The summed E-state index contributed by atoms with van der Waals surface area (Å²) in [5, 5.41) is 14.9. The SMILES string of the molecule is Cn1c2ccc3cc2c2cc(ccc21)c1ccc2c(c1)c1cc(ccc1n2-c1ccccc1)c1ccc2c(c1)c1cc3ccc1n2-c1ccccc1. The summed E-state index contributed by atoms with van der Waals surface area (Å²) in [5.41, 5.74) is 9.65. The molecule has 0 aliphatic carbocycles. The average molecular weight is 662 g/mol. The van der Waals surface area contributed by atoms with E-state index in [-0.39, 0.29) is 0 Å². The second-order valence-corrected chi connectivity index (χ2v) is 14.3. The molecule has 0 saturated heterocycles. The van der Waals surface area contributed by atoms with E-state index in [0.29, 0.717) is 0 Å². The van der Waals surface area contributed by atoms with Gasteiger partial charge in [0, 0.05) is 61.8 Å². The molecule has 9 aromatic carbocycles. The van der Waals surface area contributed by atoms with Gasteiger partial charge in [-0.2, -0.15) is 0 Å². The van der Waals surface area contributed by atoms with Crippen molar-refractivity contribution in [3.05, 3.63) is 170 Å². The van der Waals surface area contributed by atoms with Crippen LogP contribution >= 0.6 is 0 Å². The van der Waals surface area contributed by atoms with E-state index < -0.39 is 0 Å². The van der Waals surface area contributed by atoms with Gasteiger partial charge in [-0.1, -0.05) is 72.8 Å². The van der Waals surface area contributed by atoms with Crippen molar-refractivity contribution in [1.82, 2.24) is 13.7 Å². The number of fused-ring (bicyclic) bond motifs is 9. The summed E-state index contributed by atoms with van der Waals surface area (Å²) in [6, 6.07) is 63.4. The van der Waals surface area contributed by atoms with Gasteiger partial charge in [-0.05, 0) is 129 Å². The van der Waals surface area contributed by atoms with Crippen LogP contribution in [0.5, 0.6) is 0 Å². The minimum absolute atomic E-state index is 1.17. The molecule has 0 aliphatic heterocycles. The van der Waals surface area contributed by atoms with E-state index in [0.717, 1.165) is 0 Å². The van der Waals surface area contributed by atoms with Gasteiger partial charge in [-0.3, -0.25) is 0 Å². The topological polar surface area (TPSA) is 14.8 Å². The fourth-order valence-corrected chi connectivity index (χ4v) is 9.05. The second kappa shape index (κ2) is 10.1. The molecule has 0 atom stereocenters. The average Bonchev–Trinajstić information content (AvgIpc) is 3.81. The molecule has 0 radical (unpaired) electrons. The lowest BCUT2D eigenvalue weighted by Crippen LogP contribution is -1.92. The van der Waals surface area contributed by atoms with E-state index in [4.69, 9.17) is 0 Å². The molecular weight excluding hydrogens is 631 g/mol. The molecule has 0 aliphatic rings. The van der Waals surface area contributed by atoms with Crippen molar-refractivity contribution in [2.24, 2.45) is 7.05 Å². The zero-order chi connectivity index (χ0) is 34.1. The summed E-state index contributed by atoms with van der Waals surface area (Å²) in [4.78, 5) is 0. The lowest BCUT2D eigenvalue weighted by molar-refractivity contribution is 1.01. The van der Waals surface area contributed by atoms with Crippen molar-refractivity contribution in [2.75, 3.05) is 0 Å². The van der Waals surface area contributed by atoms with Crippen molar-refractivity contribution in [1.29, 1.82) is 0 Å². The number of aryl methyl sites for hydroxylation is 1. The van der Waals surface area contributed by atoms with Gasteiger partial charge in [0.1, 0.15) is 0 Å². The molecule has 3 heteroatoms. The molecule has 0 fully saturated rings. The van der Waals surface area contributed by atoms with Crippen LogP contribution in [0.15, 0.2) is 170 Å². The zero-order valence-corrected chi connectivity index (χ0v) is 28.5. The van der Waals surface area contributed by atoms with Crippen molar-refractivity contribution in [2.45, 2.75) is 0 Å². The number of rotatable bonds is 2. The van der Waals surface area contributed by atoms with E-state index in [1.54, 1.807) is 0 Å². The Balaban J connectivity index is 1.30. The van der Waals surface area contributed by atoms with Gasteiger partial charge in [0.2, 0.25) is 0 Å². The first-order valence-corrected chi connectivity index (χ1v) is 18.0. The fraction of sp³-hybridized carbons (Fsp3) is 0.0204.